The molecule has 2 aliphatic rings. The minimum Gasteiger partial charge on any atom is -0.454 e. The highest BCUT2D eigenvalue weighted by Gasteiger charge is 2.33. The van der Waals surface area contributed by atoms with Gasteiger partial charge < -0.3 is 19.2 Å². The van der Waals surface area contributed by atoms with Crippen molar-refractivity contribution in [2.24, 2.45) is 0 Å². The van der Waals surface area contributed by atoms with Crippen LogP contribution in [-0.4, -0.2) is 81.7 Å². The quantitative estimate of drug-likeness (QED) is 0.366. The van der Waals surface area contributed by atoms with Crippen LogP contribution in [0.15, 0.2) is 41.2 Å². The molecule has 0 amide bonds. The summed E-state index contributed by atoms with van der Waals surface area (Å²) in [6.45, 7) is 9.35. The van der Waals surface area contributed by atoms with Gasteiger partial charge in [0.2, 0.25) is 6.79 Å². The molecule has 11 nitrogen and oxygen atoms in total. The van der Waals surface area contributed by atoms with Crippen molar-refractivity contribution in [3.8, 4) is 11.5 Å². The van der Waals surface area contributed by atoms with E-state index in [4.69, 9.17) is 14.2 Å². The lowest BCUT2D eigenvalue weighted by Gasteiger charge is -2.38. The number of aryl methyl sites for hydroxylation is 2. The van der Waals surface area contributed by atoms with Crippen LogP contribution in [0.5, 0.6) is 11.5 Å². The SMILES string of the molecule is COCCn1nnnc1C(c1cc2c(C)ccc(C)c2[nH]c1=O)N1CCN(Cc2ccc3c(c2)OCO3)CC1. The molecule has 4 aromatic rings. The summed E-state index contributed by atoms with van der Waals surface area (Å²) >= 11 is 0. The summed E-state index contributed by atoms with van der Waals surface area (Å²) in [5, 5.41) is 13.6. The third-order valence-electron chi connectivity index (χ3n) is 7.69. The summed E-state index contributed by atoms with van der Waals surface area (Å²) in [4.78, 5) is 21.5. The Morgan fingerprint density at radius 2 is 1.82 bits per heavy atom. The van der Waals surface area contributed by atoms with E-state index in [2.05, 4.69) is 55.4 Å². The third-order valence-corrected chi connectivity index (χ3v) is 7.69. The smallest absolute Gasteiger partial charge is 0.253 e. The van der Waals surface area contributed by atoms with E-state index in [0.29, 0.717) is 24.5 Å². The van der Waals surface area contributed by atoms with E-state index in [-0.39, 0.29) is 12.4 Å². The molecule has 0 spiro atoms. The molecule has 0 bridgehead atoms. The summed E-state index contributed by atoms with van der Waals surface area (Å²) in [5.41, 5.74) is 4.73. The monoisotopic (exact) mass is 531 g/mol. The highest BCUT2D eigenvalue weighted by atomic mass is 16.7. The van der Waals surface area contributed by atoms with Gasteiger partial charge in [0.05, 0.1) is 18.7 Å². The van der Waals surface area contributed by atoms with Gasteiger partial charge >= 0.3 is 0 Å². The summed E-state index contributed by atoms with van der Waals surface area (Å²) in [6, 6.07) is 11.9. The van der Waals surface area contributed by atoms with Crippen LogP contribution in [0.4, 0.5) is 0 Å². The molecule has 2 aliphatic heterocycles. The van der Waals surface area contributed by atoms with E-state index in [1.54, 1.807) is 11.8 Å². The van der Waals surface area contributed by atoms with Crippen LogP contribution < -0.4 is 15.0 Å². The van der Waals surface area contributed by atoms with Crippen molar-refractivity contribution >= 4 is 10.9 Å². The molecule has 6 rings (SSSR count). The summed E-state index contributed by atoms with van der Waals surface area (Å²) in [6.07, 6.45) is 0. The number of H-pyrrole nitrogens is 1. The number of fused-ring (bicyclic) bond motifs is 2. The van der Waals surface area contributed by atoms with Gasteiger partial charge in [-0.25, -0.2) is 4.68 Å². The fraction of sp³-hybridized carbons (Fsp3) is 0.429. The molecule has 39 heavy (non-hydrogen) atoms. The molecule has 1 atom stereocenters. The molecule has 1 saturated heterocycles. The van der Waals surface area contributed by atoms with Crippen molar-refractivity contribution in [3.63, 3.8) is 0 Å². The Bertz CT molecular complexity index is 1540. The van der Waals surface area contributed by atoms with Crippen LogP contribution in [0, 0.1) is 13.8 Å². The van der Waals surface area contributed by atoms with E-state index in [9.17, 15) is 4.79 Å². The number of ether oxygens (including phenoxy) is 3. The van der Waals surface area contributed by atoms with Gasteiger partial charge in [-0.15, -0.1) is 5.10 Å². The first-order chi connectivity index (χ1) is 19.0. The molecule has 0 saturated carbocycles. The van der Waals surface area contributed by atoms with Crippen molar-refractivity contribution in [2.75, 3.05) is 46.7 Å². The van der Waals surface area contributed by atoms with E-state index < -0.39 is 6.04 Å². The van der Waals surface area contributed by atoms with Gasteiger partial charge in [0.15, 0.2) is 17.3 Å². The molecule has 1 fully saturated rings. The first-order valence-corrected chi connectivity index (χ1v) is 13.2. The van der Waals surface area contributed by atoms with Gasteiger partial charge in [0.1, 0.15) is 6.04 Å². The average Bonchev–Trinajstić information content (AvgIpc) is 3.61. The number of pyridine rings is 1. The van der Waals surface area contributed by atoms with Crippen LogP contribution in [0.2, 0.25) is 0 Å². The zero-order valence-electron chi connectivity index (χ0n) is 22.5. The lowest BCUT2D eigenvalue weighted by molar-refractivity contribution is 0.0984. The van der Waals surface area contributed by atoms with E-state index in [1.807, 2.05) is 25.1 Å². The van der Waals surface area contributed by atoms with Crippen molar-refractivity contribution in [1.82, 2.24) is 35.0 Å². The zero-order chi connectivity index (χ0) is 26.9. The molecular weight excluding hydrogens is 498 g/mol. The summed E-state index contributed by atoms with van der Waals surface area (Å²) < 4.78 is 18.0. The Kier molecular flexibility index (Phi) is 7.03. The lowest BCUT2D eigenvalue weighted by Crippen LogP contribution is -2.48. The van der Waals surface area contributed by atoms with Crippen LogP contribution in [-0.2, 0) is 17.8 Å². The topological polar surface area (TPSA) is 111 Å². The van der Waals surface area contributed by atoms with Crippen molar-refractivity contribution in [2.45, 2.75) is 33.0 Å². The average molecular weight is 532 g/mol. The number of rotatable bonds is 8. The van der Waals surface area contributed by atoms with Gasteiger partial charge in [0, 0.05) is 50.8 Å². The number of hydrogen-bond acceptors (Lipinski definition) is 9. The second kappa shape index (κ2) is 10.8. The Balaban J connectivity index is 1.30. The molecule has 2 aromatic carbocycles. The molecule has 11 heteroatoms. The number of aromatic nitrogens is 5. The van der Waals surface area contributed by atoms with E-state index in [1.165, 1.54) is 5.56 Å². The molecule has 4 heterocycles. The Hall–Kier alpha value is -3.80. The zero-order valence-corrected chi connectivity index (χ0v) is 22.5. The van der Waals surface area contributed by atoms with E-state index in [0.717, 1.165) is 66.3 Å². The first kappa shape index (κ1) is 25.5. The van der Waals surface area contributed by atoms with Crippen molar-refractivity contribution < 1.29 is 14.2 Å². The maximum atomic E-state index is 13.6. The fourth-order valence-electron chi connectivity index (χ4n) is 5.52. The predicted octanol–water partition coefficient (Wildman–Crippen LogP) is 2.41. The molecule has 0 radical (unpaired) electrons. The number of piperazine rings is 1. The summed E-state index contributed by atoms with van der Waals surface area (Å²) in [7, 11) is 1.65. The predicted molar refractivity (Wildman–Crippen MR) is 145 cm³/mol. The fourth-order valence-corrected chi connectivity index (χ4v) is 5.52. The largest absolute Gasteiger partial charge is 0.454 e. The van der Waals surface area contributed by atoms with Crippen molar-refractivity contribution in [1.29, 1.82) is 0 Å². The van der Waals surface area contributed by atoms with Crippen LogP contribution in [0.25, 0.3) is 10.9 Å². The maximum Gasteiger partial charge on any atom is 0.253 e. The number of tetrazole rings is 1. The van der Waals surface area contributed by atoms with E-state index >= 15 is 0 Å². The highest BCUT2D eigenvalue weighted by molar-refractivity contribution is 5.85. The first-order valence-electron chi connectivity index (χ1n) is 13.2. The standard InChI is InChI=1S/C28H33N7O4/c1-18-4-5-19(2)25-21(18)15-22(28(36)29-25)26(27-30-31-32-35(27)12-13-37-3)34-10-8-33(9-11-34)16-20-6-7-23-24(14-20)39-17-38-23/h4-7,14-15,26H,8-13,16-17H2,1-3H3,(H,29,36). The molecule has 1 N–H and O–H groups in total. The second-order valence-corrected chi connectivity index (χ2v) is 10.2. The number of benzene rings is 2. The Morgan fingerprint density at radius 1 is 1.03 bits per heavy atom. The maximum absolute atomic E-state index is 13.6. The number of methoxy groups -OCH3 is 1. The van der Waals surface area contributed by atoms with Crippen LogP contribution >= 0.6 is 0 Å². The number of nitrogens with zero attached hydrogens (tertiary/aromatic N) is 6. The Labute approximate surface area is 226 Å². The molecule has 2 aromatic heterocycles. The highest BCUT2D eigenvalue weighted by Crippen LogP contribution is 2.33. The van der Waals surface area contributed by atoms with Gasteiger partial charge in [-0.1, -0.05) is 18.2 Å². The number of hydrogen-bond donors (Lipinski definition) is 1. The molecular formula is C28H33N7O4. The Morgan fingerprint density at radius 3 is 2.64 bits per heavy atom. The normalized spacial score (nSPS) is 16.7. The number of nitrogens with one attached hydrogen (secondary N) is 1. The number of aromatic amines is 1. The molecule has 1 unspecified atom stereocenters. The van der Waals surface area contributed by atoms with Crippen LogP contribution in [0.1, 0.15) is 34.1 Å². The van der Waals surface area contributed by atoms with Gasteiger partial charge in [-0.3, -0.25) is 14.6 Å². The summed E-state index contributed by atoms with van der Waals surface area (Å²) in [5.74, 6) is 2.24. The van der Waals surface area contributed by atoms with Gasteiger partial charge in [-0.2, -0.15) is 0 Å². The lowest BCUT2D eigenvalue weighted by atomic mass is 9.99. The minimum atomic E-state index is -0.391. The molecule has 204 valence electrons. The van der Waals surface area contributed by atoms with Gasteiger partial charge in [0.25, 0.3) is 5.56 Å². The van der Waals surface area contributed by atoms with Crippen molar-refractivity contribution in [3.05, 3.63) is 74.8 Å². The molecule has 0 aliphatic carbocycles. The van der Waals surface area contributed by atoms with Gasteiger partial charge in [-0.05, 0) is 59.2 Å². The minimum absolute atomic E-state index is 0.120. The van der Waals surface area contributed by atoms with Crippen LogP contribution in [0.3, 0.4) is 0 Å². The third kappa shape index (κ3) is 5.00. The second-order valence-electron chi connectivity index (χ2n) is 10.2.